The SMILES string of the molecule is C[Si](C)(C)CCOCN(COCC[Si](C)(C)C)c1c(I)c(C2C[C@H]3CC[C@@H](C2)C3)nc2c(-c3ccc(-c4ccccc4)nc3)cnn12.C[Si](C)(C)CCOCN(COCC[Si](C)(C)C)c1cc(C2C[C@H]3CC[C@@H](C2)C3)nc2c(-c3ccc(-c4ccccc4)nc3)cnn12. The van der Waals surface area contributed by atoms with Crippen LogP contribution >= 0.6 is 22.6 Å². The zero-order valence-corrected chi connectivity index (χ0v) is 64.1. The summed E-state index contributed by atoms with van der Waals surface area (Å²) in [4.78, 5) is 25.1. The summed E-state index contributed by atoms with van der Waals surface area (Å²) in [5, 5.41) is 9.95. The molecule has 19 heteroatoms. The highest BCUT2D eigenvalue weighted by Crippen LogP contribution is 2.51. The molecule has 93 heavy (non-hydrogen) atoms. The Morgan fingerprint density at radius 3 is 1.25 bits per heavy atom. The van der Waals surface area contributed by atoms with Crippen molar-refractivity contribution in [2.75, 3.05) is 63.2 Å². The largest absolute Gasteiger partial charge is 0.361 e. The van der Waals surface area contributed by atoms with E-state index in [-0.39, 0.29) is 0 Å². The van der Waals surface area contributed by atoms with E-state index in [0.717, 1.165) is 142 Å². The number of hydrogen-bond acceptors (Lipinski definition) is 12. The number of ether oxygens (including phenoxy) is 4. The fraction of sp³-hybridized carbons (Fsp3) is 0.541. The Morgan fingerprint density at radius 1 is 0.441 bits per heavy atom. The average molecular weight is 1440 g/mol. The van der Waals surface area contributed by atoms with E-state index in [1.165, 1.54) is 79.2 Å². The molecular formula is C74H105IN10O4Si4. The number of pyridine rings is 2. The summed E-state index contributed by atoms with van der Waals surface area (Å²) in [5.74, 6) is 6.26. The van der Waals surface area contributed by atoms with Gasteiger partial charge in [-0.05, 0) is 121 Å². The lowest BCUT2D eigenvalue weighted by molar-refractivity contribution is 0.0939. The van der Waals surface area contributed by atoms with Gasteiger partial charge >= 0.3 is 0 Å². The molecule has 14 nitrogen and oxygen atoms in total. The molecule has 2 unspecified atom stereocenters. The van der Waals surface area contributed by atoms with E-state index in [0.29, 0.717) is 38.8 Å². The molecule has 0 radical (unpaired) electrons. The second kappa shape index (κ2) is 30.6. The molecular weight excluding hydrogens is 1330 g/mol. The summed E-state index contributed by atoms with van der Waals surface area (Å²) < 4.78 is 30.8. The van der Waals surface area contributed by atoms with Gasteiger partial charge in [-0.2, -0.15) is 19.2 Å². The Kier molecular flexibility index (Phi) is 22.8. The third-order valence-corrected chi connectivity index (χ3v) is 27.4. The quantitative estimate of drug-likeness (QED) is 0.0200. The first kappa shape index (κ1) is 69.4. The molecule has 8 aromatic rings. The minimum Gasteiger partial charge on any atom is -0.361 e. The number of anilines is 2. The molecule has 4 aliphatic rings. The maximum absolute atomic E-state index is 6.42. The predicted molar refractivity (Wildman–Crippen MR) is 402 cm³/mol. The van der Waals surface area contributed by atoms with Crippen molar-refractivity contribution in [3.8, 4) is 44.8 Å². The summed E-state index contributed by atoms with van der Waals surface area (Å²) in [6, 6.07) is 36.0. The van der Waals surface area contributed by atoms with Crippen LogP contribution < -0.4 is 9.80 Å². The van der Waals surface area contributed by atoms with Gasteiger partial charge in [0.1, 0.15) is 32.7 Å². The van der Waals surface area contributed by atoms with Gasteiger partial charge in [-0.15, -0.1) is 0 Å². The lowest BCUT2D eigenvalue weighted by Crippen LogP contribution is -2.34. The number of benzene rings is 2. The maximum atomic E-state index is 6.42. The van der Waals surface area contributed by atoms with E-state index in [4.69, 9.17) is 49.1 Å². The first-order chi connectivity index (χ1) is 44.5. The highest BCUT2D eigenvalue weighted by molar-refractivity contribution is 14.1. The fourth-order valence-corrected chi connectivity index (χ4v) is 18.2. The number of fused-ring (bicyclic) bond motifs is 6. The van der Waals surface area contributed by atoms with E-state index >= 15 is 0 Å². The van der Waals surface area contributed by atoms with Gasteiger partial charge in [0.05, 0.1) is 33.0 Å². The third kappa shape index (κ3) is 18.8. The Morgan fingerprint density at radius 2 is 0.839 bits per heavy atom. The molecule has 0 N–H and O–H groups in total. The Hall–Kier alpha value is -4.98. The maximum Gasteiger partial charge on any atom is 0.165 e. The molecule has 2 aromatic carbocycles. The molecule has 4 fully saturated rings. The van der Waals surface area contributed by atoms with Crippen molar-refractivity contribution in [3.05, 3.63) is 131 Å². The summed E-state index contributed by atoms with van der Waals surface area (Å²) in [6.07, 6.45) is 21.0. The van der Waals surface area contributed by atoms with E-state index < -0.39 is 32.3 Å². The summed E-state index contributed by atoms with van der Waals surface area (Å²) in [5.41, 5.74) is 12.4. The van der Waals surface area contributed by atoms with Gasteiger partial charge in [0.15, 0.2) is 17.1 Å². The van der Waals surface area contributed by atoms with Crippen LogP contribution in [0.15, 0.2) is 116 Å². The van der Waals surface area contributed by atoms with Crippen LogP contribution in [0.25, 0.3) is 56.1 Å². The number of hydrogen-bond donors (Lipinski definition) is 0. The second-order valence-electron chi connectivity index (χ2n) is 32.3. The van der Waals surface area contributed by atoms with Gasteiger partial charge in [-0.25, -0.2) is 9.97 Å². The van der Waals surface area contributed by atoms with Gasteiger partial charge in [0.2, 0.25) is 0 Å². The Labute approximate surface area is 573 Å². The van der Waals surface area contributed by atoms with Crippen LogP contribution in [0.1, 0.15) is 87.4 Å². The van der Waals surface area contributed by atoms with Crippen LogP contribution in [0.3, 0.4) is 0 Å². The summed E-state index contributed by atoms with van der Waals surface area (Å²) in [6.45, 7) is 33.7. The van der Waals surface area contributed by atoms with E-state index in [1.54, 1.807) is 0 Å². The first-order valence-corrected chi connectivity index (χ1v) is 50.7. The van der Waals surface area contributed by atoms with Crippen LogP contribution in [0.4, 0.5) is 11.6 Å². The molecule has 6 heterocycles. The molecule has 4 bridgehead atoms. The number of halogens is 1. The number of aromatic nitrogens is 8. The van der Waals surface area contributed by atoms with E-state index in [9.17, 15) is 0 Å². The van der Waals surface area contributed by atoms with E-state index in [1.807, 2.05) is 46.0 Å². The van der Waals surface area contributed by atoms with Crippen molar-refractivity contribution < 1.29 is 18.9 Å². The van der Waals surface area contributed by atoms with Crippen molar-refractivity contribution in [1.82, 2.24) is 39.2 Å². The molecule has 6 aromatic heterocycles. The van der Waals surface area contributed by atoms with Crippen LogP contribution in [0, 0.1) is 27.2 Å². The van der Waals surface area contributed by atoms with Crippen molar-refractivity contribution in [2.24, 2.45) is 23.7 Å². The average Bonchev–Trinajstić information content (AvgIpc) is 1.68. The number of nitrogens with zero attached hydrogens (tertiary/aromatic N) is 10. The molecule has 0 saturated heterocycles. The monoisotopic (exact) mass is 1440 g/mol. The molecule has 0 aliphatic heterocycles. The van der Waals surface area contributed by atoms with Gasteiger partial charge in [-0.3, -0.25) is 9.97 Å². The number of rotatable bonds is 28. The van der Waals surface area contributed by atoms with Crippen LogP contribution in [-0.2, 0) is 18.9 Å². The van der Waals surface area contributed by atoms with Crippen molar-refractivity contribution >= 4 is 77.8 Å². The van der Waals surface area contributed by atoms with Crippen molar-refractivity contribution in [1.29, 1.82) is 0 Å². The highest BCUT2D eigenvalue weighted by Gasteiger charge is 2.39. The lowest BCUT2D eigenvalue weighted by atomic mass is 9.79. The Bertz CT molecular complexity index is 3630. The van der Waals surface area contributed by atoms with Gasteiger partial charge in [0.25, 0.3) is 0 Å². The smallest absolute Gasteiger partial charge is 0.165 e. The predicted octanol–water partition coefficient (Wildman–Crippen LogP) is 19.0. The second-order valence-corrected chi connectivity index (χ2v) is 55.8. The third-order valence-electron chi connectivity index (χ3n) is 19.5. The minimum atomic E-state index is -1.22. The highest BCUT2D eigenvalue weighted by atomic mass is 127. The van der Waals surface area contributed by atoms with Gasteiger partial charge in [0, 0.05) is 128 Å². The standard InChI is InChI=1S/C37H52IN5O2Si2.C37H53N5O2Si2/c1-46(2,3)18-16-44-25-42(26-45-17-19-47(4,5)6)37-34(38)35(31-21-27-12-13-28(20-27)22-31)41-36-32(24-40-43(36)37)30-14-15-33(39-23-30)29-10-8-7-9-11-29;1-45(2,3)18-16-43-26-41(27-44-17-19-46(4,5)6)36-23-35(32-21-28-12-13-29(20-28)22-32)40-37-33(25-39-42(36)37)31-14-15-34(38-24-31)30-10-8-7-9-11-30/h7-11,14-15,23-24,27-28,31H,12-13,16-22,25-26H2,1-6H3;7-11,14-15,23-25,28-29,32H,12-13,16-22,26-27H2,1-6H3/t27-,28+,31?;28-,29+,32?. The molecule has 0 spiro atoms. The summed E-state index contributed by atoms with van der Waals surface area (Å²) in [7, 11) is -4.85. The van der Waals surface area contributed by atoms with Gasteiger partial charge < -0.3 is 28.7 Å². The molecule has 4 aliphatic carbocycles. The fourth-order valence-electron chi connectivity index (χ4n) is 14.0. The molecule has 6 atom stereocenters. The zero-order chi connectivity index (χ0) is 65.5. The van der Waals surface area contributed by atoms with Crippen molar-refractivity contribution in [2.45, 2.75) is 179 Å². The first-order valence-electron chi connectivity index (χ1n) is 34.8. The molecule has 498 valence electrons. The van der Waals surface area contributed by atoms with Crippen LogP contribution in [-0.4, -0.2) is 125 Å². The van der Waals surface area contributed by atoms with Crippen LogP contribution in [0.2, 0.25) is 103 Å². The topological polar surface area (TPSA) is 130 Å². The zero-order valence-electron chi connectivity index (χ0n) is 58.0. The molecule has 0 amide bonds. The van der Waals surface area contributed by atoms with Gasteiger partial charge in [-0.1, -0.05) is 177 Å². The van der Waals surface area contributed by atoms with Crippen molar-refractivity contribution in [3.63, 3.8) is 0 Å². The lowest BCUT2D eigenvalue weighted by Gasteiger charge is -2.31. The molecule has 4 saturated carbocycles. The van der Waals surface area contributed by atoms with E-state index in [2.05, 4.69) is 190 Å². The summed E-state index contributed by atoms with van der Waals surface area (Å²) >= 11 is 2.55. The molecule has 12 rings (SSSR count). The minimum absolute atomic E-state index is 0.459. The van der Waals surface area contributed by atoms with Crippen LogP contribution in [0.5, 0.6) is 0 Å². The normalized spacial score (nSPS) is 19.9. The Balaban J connectivity index is 0.000000190.